The Hall–Kier alpha value is -2.89. The van der Waals surface area contributed by atoms with Gasteiger partial charge in [-0.1, -0.05) is 6.07 Å². The lowest BCUT2D eigenvalue weighted by atomic mass is 10.1. The highest BCUT2D eigenvalue weighted by Crippen LogP contribution is 2.15. The van der Waals surface area contributed by atoms with Crippen LogP contribution in [0.1, 0.15) is 17.0 Å². The van der Waals surface area contributed by atoms with Gasteiger partial charge >= 0.3 is 6.03 Å². The molecule has 1 aromatic carbocycles. The molecule has 0 saturated heterocycles. The smallest absolute Gasteiger partial charge is 0.308 e. The highest BCUT2D eigenvalue weighted by Gasteiger charge is 2.06. The second-order valence-corrected chi connectivity index (χ2v) is 5.35. The fourth-order valence-electron chi connectivity index (χ4n) is 2.42. The maximum atomic E-state index is 12.1. The van der Waals surface area contributed by atoms with Crippen molar-refractivity contribution in [3.8, 4) is 0 Å². The van der Waals surface area contributed by atoms with Gasteiger partial charge in [-0.2, -0.15) is 0 Å². The number of hydrogen-bond acceptors (Lipinski definition) is 3. The number of nitrogens with zero attached hydrogens (tertiary/aromatic N) is 3. The van der Waals surface area contributed by atoms with Gasteiger partial charge in [-0.25, -0.2) is 4.79 Å². The number of hydrogen-bond donors (Lipinski definition) is 2. The molecule has 0 aliphatic carbocycles. The van der Waals surface area contributed by atoms with Crippen LogP contribution in [0.2, 0.25) is 0 Å². The van der Waals surface area contributed by atoms with E-state index in [1.807, 2.05) is 43.4 Å². The number of carbonyl (C=O) groups excluding carboxylic acids is 1. The van der Waals surface area contributed by atoms with Gasteiger partial charge in [0.05, 0.1) is 5.69 Å². The molecule has 2 heterocycles. The molecular weight excluding hydrogens is 278 g/mol. The fourth-order valence-corrected chi connectivity index (χ4v) is 2.42. The van der Waals surface area contributed by atoms with Gasteiger partial charge in [0.25, 0.3) is 0 Å². The Morgan fingerprint density at radius 2 is 1.64 bits per heavy atom. The summed E-state index contributed by atoms with van der Waals surface area (Å²) in [6.45, 7) is 5.86. The SMILES string of the molecule is Cc1cc(C)cc(NC(=O)Nc2ccc3nnc(C)n3c2)c1. The van der Waals surface area contributed by atoms with Crippen molar-refractivity contribution in [1.82, 2.24) is 14.6 Å². The molecule has 6 nitrogen and oxygen atoms in total. The lowest BCUT2D eigenvalue weighted by molar-refractivity contribution is 0.262. The lowest BCUT2D eigenvalue weighted by Gasteiger charge is -2.09. The number of carbonyl (C=O) groups is 1. The van der Waals surface area contributed by atoms with Crippen molar-refractivity contribution in [1.29, 1.82) is 0 Å². The monoisotopic (exact) mass is 295 g/mol. The maximum absolute atomic E-state index is 12.1. The lowest BCUT2D eigenvalue weighted by Crippen LogP contribution is -2.19. The summed E-state index contributed by atoms with van der Waals surface area (Å²) in [5.74, 6) is 0.772. The number of anilines is 2. The average molecular weight is 295 g/mol. The second kappa shape index (κ2) is 5.48. The van der Waals surface area contributed by atoms with E-state index in [-0.39, 0.29) is 6.03 Å². The number of amides is 2. The van der Waals surface area contributed by atoms with Crippen LogP contribution in [-0.2, 0) is 0 Å². The van der Waals surface area contributed by atoms with E-state index in [1.165, 1.54) is 0 Å². The molecule has 0 spiro atoms. The topological polar surface area (TPSA) is 71.3 Å². The third-order valence-electron chi connectivity index (χ3n) is 3.31. The number of nitrogens with one attached hydrogen (secondary N) is 2. The molecule has 0 bridgehead atoms. The number of rotatable bonds is 2. The van der Waals surface area contributed by atoms with Crippen molar-refractivity contribution in [2.75, 3.05) is 10.6 Å². The van der Waals surface area contributed by atoms with Crippen LogP contribution in [0, 0.1) is 20.8 Å². The van der Waals surface area contributed by atoms with E-state index in [2.05, 4.69) is 26.9 Å². The third-order valence-corrected chi connectivity index (χ3v) is 3.31. The number of fused-ring (bicyclic) bond motifs is 1. The van der Waals surface area contributed by atoms with Crippen LogP contribution < -0.4 is 10.6 Å². The van der Waals surface area contributed by atoms with E-state index < -0.39 is 0 Å². The van der Waals surface area contributed by atoms with E-state index in [0.29, 0.717) is 5.69 Å². The summed E-state index contributed by atoms with van der Waals surface area (Å²) >= 11 is 0. The highest BCUT2D eigenvalue weighted by molar-refractivity contribution is 5.99. The number of benzene rings is 1. The molecule has 3 aromatic rings. The minimum absolute atomic E-state index is 0.282. The van der Waals surface area contributed by atoms with E-state index in [1.54, 1.807) is 12.3 Å². The molecule has 0 radical (unpaired) electrons. The molecule has 0 aliphatic heterocycles. The van der Waals surface area contributed by atoms with Gasteiger partial charge in [-0.3, -0.25) is 4.40 Å². The molecule has 0 unspecified atom stereocenters. The quantitative estimate of drug-likeness (QED) is 0.762. The normalized spacial score (nSPS) is 10.7. The molecule has 3 rings (SSSR count). The van der Waals surface area contributed by atoms with Crippen LogP contribution in [0.5, 0.6) is 0 Å². The Kier molecular flexibility index (Phi) is 3.50. The molecule has 112 valence electrons. The molecule has 22 heavy (non-hydrogen) atoms. The second-order valence-electron chi connectivity index (χ2n) is 5.35. The summed E-state index contributed by atoms with van der Waals surface area (Å²) in [5, 5.41) is 13.6. The average Bonchev–Trinajstić information content (AvgIpc) is 2.79. The number of aromatic nitrogens is 3. The molecule has 2 aromatic heterocycles. The number of pyridine rings is 1. The summed E-state index contributed by atoms with van der Waals surface area (Å²) in [6.07, 6.45) is 1.80. The van der Waals surface area contributed by atoms with Gasteiger partial charge < -0.3 is 10.6 Å². The number of aryl methyl sites for hydroxylation is 3. The molecule has 0 aliphatic rings. The summed E-state index contributed by atoms with van der Waals surface area (Å²) < 4.78 is 1.83. The van der Waals surface area contributed by atoms with E-state index in [4.69, 9.17) is 0 Å². The van der Waals surface area contributed by atoms with Crippen LogP contribution in [0.15, 0.2) is 36.5 Å². The molecule has 0 fully saturated rings. The zero-order valence-electron chi connectivity index (χ0n) is 12.7. The van der Waals surface area contributed by atoms with Crippen molar-refractivity contribution >= 4 is 23.1 Å². The first kappa shape index (κ1) is 14.1. The summed E-state index contributed by atoms with van der Waals surface area (Å²) in [5.41, 5.74) is 4.42. The van der Waals surface area contributed by atoms with Crippen molar-refractivity contribution in [3.63, 3.8) is 0 Å². The predicted molar refractivity (Wildman–Crippen MR) is 86.3 cm³/mol. The standard InChI is InChI=1S/C16H17N5O/c1-10-6-11(2)8-14(7-10)18-16(22)17-13-4-5-15-20-19-12(3)21(15)9-13/h4-9H,1-3H3,(H2,17,18,22). The first-order chi connectivity index (χ1) is 10.5. The van der Waals surface area contributed by atoms with Crippen molar-refractivity contribution < 1.29 is 4.79 Å². The zero-order chi connectivity index (χ0) is 15.7. The largest absolute Gasteiger partial charge is 0.323 e. The van der Waals surface area contributed by atoms with E-state index in [9.17, 15) is 4.79 Å². The summed E-state index contributed by atoms with van der Waals surface area (Å²) in [7, 11) is 0. The molecule has 2 amide bonds. The Labute approximate surface area is 128 Å². The van der Waals surface area contributed by atoms with Gasteiger partial charge in [0.15, 0.2) is 5.65 Å². The first-order valence-electron chi connectivity index (χ1n) is 6.99. The molecule has 0 saturated carbocycles. The molecular formula is C16H17N5O. The van der Waals surface area contributed by atoms with Crippen LogP contribution in [0.3, 0.4) is 0 Å². The molecule has 2 N–H and O–H groups in total. The Morgan fingerprint density at radius 3 is 2.36 bits per heavy atom. The van der Waals surface area contributed by atoms with Gasteiger partial charge in [-0.15, -0.1) is 10.2 Å². The van der Waals surface area contributed by atoms with Crippen molar-refractivity contribution in [2.45, 2.75) is 20.8 Å². The predicted octanol–water partition coefficient (Wildman–Crippen LogP) is 3.30. The highest BCUT2D eigenvalue weighted by atomic mass is 16.2. The Balaban J connectivity index is 1.76. The first-order valence-corrected chi connectivity index (χ1v) is 6.99. The molecule has 0 atom stereocenters. The van der Waals surface area contributed by atoms with Gasteiger partial charge in [0, 0.05) is 11.9 Å². The zero-order valence-corrected chi connectivity index (χ0v) is 12.7. The minimum Gasteiger partial charge on any atom is -0.308 e. The third kappa shape index (κ3) is 2.90. The van der Waals surface area contributed by atoms with Crippen molar-refractivity contribution in [2.24, 2.45) is 0 Å². The van der Waals surface area contributed by atoms with E-state index in [0.717, 1.165) is 28.3 Å². The summed E-state index contributed by atoms with van der Waals surface area (Å²) in [4.78, 5) is 12.1. The van der Waals surface area contributed by atoms with Gasteiger partial charge in [0.2, 0.25) is 0 Å². The van der Waals surface area contributed by atoms with Crippen LogP contribution in [-0.4, -0.2) is 20.6 Å². The van der Waals surface area contributed by atoms with Gasteiger partial charge in [0.1, 0.15) is 5.82 Å². The minimum atomic E-state index is -0.282. The molecule has 6 heteroatoms. The number of urea groups is 1. The maximum Gasteiger partial charge on any atom is 0.323 e. The summed E-state index contributed by atoms with van der Waals surface area (Å²) in [6, 6.07) is 9.25. The van der Waals surface area contributed by atoms with Gasteiger partial charge in [-0.05, 0) is 56.2 Å². The fraction of sp³-hybridized carbons (Fsp3) is 0.188. The Bertz CT molecular complexity index is 833. The Morgan fingerprint density at radius 1 is 0.955 bits per heavy atom. The van der Waals surface area contributed by atoms with Crippen LogP contribution in [0.4, 0.5) is 16.2 Å². The van der Waals surface area contributed by atoms with Crippen LogP contribution >= 0.6 is 0 Å². The van der Waals surface area contributed by atoms with Crippen molar-refractivity contribution in [3.05, 3.63) is 53.5 Å². The van der Waals surface area contributed by atoms with E-state index >= 15 is 0 Å². The van der Waals surface area contributed by atoms with Crippen LogP contribution in [0.25, 0.3) is 5.65 Å².